The Balaban J connectivity index is 1.51. The molecule has 0 aliphatic carbocycles. The largest absolute Gasteiger partial charge is 0.326 e. The Labute approximate surface area is 146 Å². The van der Waals surface area contributed by atoms with E-state index in [-0.39, 0.29) is 36.4 Å². The lowest BCUT2D eigenvalue weighted by Gasteiger charge is -2.05. The molecule has 3 rings (SSSR count). The van der Waals surface area contributed by atoms with Gasteiger partial charge in [-0.05, 0) is 38.1 Å². The van der Waals surface area contributed by atoms with E-state index in [2.05, 4.69) is 20.7 Å². The highest BCUT2D eigenvalue weighted by atomic mass is 32.1. The molecule has 0 radical (unpaired) electrons. The predicted molar refractivity (Wildman–Crippen MR) is 93.2 cm³/mol. The lowest BCUT2D eigenvalue weighted by Crippen LogP contribution is -2.18. The van der Waals surface area contributed by atoms with Crippen molar-refractivity contribution < 1.29 is 14.0 Å². The van der Waals surface area contributed by atoms with Crippen molar-refractivity contribution in [2.45, 2.75) is 26.7 Å². The van der Waals surface area contributed by atoms with E-state index >= 15 is 0 Å². The van der Waals surface area contributed by atoms with Crippen molar-refractivity contribution in [1.82, 2.24) is 14.6 Å². The number of anilines is 2. The number of nitrogens with zero attached hydrogens (tertiary/aromatic N) is 3. The minimum absolute atomic E-state index is 0.00209. The number of halogens is 1. The number of aromatic nitrogens is 3. The number of thiazole rings is 1. The lowest BCUT2D eigenvalue weighted by molar-refractivity contribution is -0.121. The first-order valence-electron chi connectivity index (χ1n) is 7.60. The van der Waals surface area contributed by atoms with Gasteiger partial charge in [-0.1, -0.05) is 11.3 Å². The third kappa shape index (κ3) is 4.00. The maximum atomic E-state index is 12.8. The SMILES string of the molecule is Cc1sc2nc(NC(=O)CCC(=O)Nc3ccc(F)cc3)nn2c1C. The van der Waals surface area contributed by atoms with Crippen molar-refractivity contribution in [2.24, 2.45) is 0 Å². The van der Waals surface area contributed by atoms with Crippen LogP contribution in [0, 0.1) is 19.7 Å². The van der Waals surface area contributed by atoms with Crippen LogP contribution in [0.15, 0.2) is 24.3 Å². The van der Waals surface area contributed by atoms with E-state index in [9.17, 15) is 14.0 Å². The molecule has 0 atom stereocenters. The van der Waals surface area contributed by atoms with Gasteiger partial charge in [-0.25, -0.2) is 8.91 Å². The monoisotopic (exact) mass is 361 g/mol. The summed E-state index contributed by atoms with van der Waals surface area (Å²) < 4.78 is 14.5. The highest BCUT2D eigenvalue weighted by molar-refractivity contribution is 7.17. The molecule has 2 amide bonds. The Bertz CT molecular complexity index is 932. The summed E-state index contributed by atoms with van der Waals surface area (Å²) in [6.07, 6.45) is 0.00145. The number of aryl methyl sites for hydroxylation is 2. The summed E-state index contributed by atoms with van der Waals surface area (Å²) in [4.78, 5) is 29.8. The molecular weight excluding hydrogens is 345 g/mol. The number of hydrogen-bond acceptors (Lipinski definition) is 5. The van der Waals surface area contributed by atoms with Gasteiger partial charge < -0.3 is 5.32 Å². The van der Waals surface area contributed by atoms with E-state index in [1.54, 1.807) is 4.52 Å². The Morgan fingerprint density at radius 1 is 1.12 bits per heavy atom. The molecule has 0 fully saturated rings. The number of amides is 2. The topological polar surface area (TPSA) is 88.4 Å². The van der Waals surface area contributed by atoms with Crippen molar-refractivity contribution in [3.8, 4) is 0 Å². The van der Waals surface area contributed by atoms with Gasteiger partial charge >= 0.3 is 0 Å². The number of benzene rings is 1. The van der Waals surface area contributed by atoms with E-state index in [0.29, 0.717) is 10.6 Å². The van der Waals surface area contributed by atoms with Gasteiger partial charge in [0.05, 0.1) is 5.69 Å². The first-order valence-corrected chi connectivity index (χ1v) is 8.42. The van der Waals surface area contributed by atoms with Gasteiger partial charge in [-0.3, -0.25) is 14.9 Å². The van der Waals surface area contributed by atoms with Gasteiger partial charge in [0, 0.05) is 23.4 Å². The Kier molecular flexibility index (Phi) is 4.75. The molecule has 0 spiro atoms. The predicted octanol–water partition coefficient (Wildman–Crippen LogP) is 2.90. The van der Waals surface area contributed by atoms with Crippen LogP contribution in [0.5, 0.6) is 0 Å². The Hall–Kier alpha value is -2.81. The van der Waals surface area contributed by atoms with Gasteiger partial charge in [0.15, 0.2) is 0 Å². The summed E-state index contributed by atoms with van der Waals surface area (Å²) in [5.41, 5.74) is 1.46. The van der Waals surface area contributed by atoms with E-state index in [1.165, 1.54) is 35.6 Å². The van der Waals surface area contributed by atoms with Crippen LogP contribution in [0.25, 0.3) is 4.96 Å². The number of carbonyl (C=O) groups excluding carboxylic acids is 2. The molecule has 0 aliphatic heterocycles. The number of nitrogens with one attached hydrogen (secondary N) is 2. The summed E-state index contributed by atoms with van der Waals surface area (Å²) in [5.74, 6) is -0.831. The number of carbonyl (C=O) groups is 2. The van der Waals surface area contributed by atoms with Gasteiger partial charge in [-0.15, -0.1) is 5.10 Å². The molecule has 0 bridgehead atoms. The van der Waals surface area contributed by atoms with Crippen molar-refractivity contribution in [1.29, 1.82) is 0 Å². The van der Waals surface area contributed by atoms with Crippen LogP contribution in [0.4, 0.5) is 16.0 Å². The van der Waals surface area contributed by atoms with Crippen LogP contribution in [-0.4, -0.2) is 26.4 Å². The van der Waals surface area contributed by atoms with Crippen molar-refractivity contribution in [3.63, 3.8) is 0 Å². The standard InChI is InChI=1S/C16H16FN5O2S/c1-9-10(2)25-16-20-15(21-22(9)16)19-14(24)8-7-13(23)18-12-5-3-11(17)4-6-12/h3-6H,7-8H2,1-2H3,(H,18,23)(H,19,21,24). The molecule has 2 heterocycles. The molecule has 130 valence electrons. The summed E-state index contributed by atoms with van der Waals surface area (Å²) in [6.45, 7) is 3.91. The van der Waals surface area contributed by atoms with E-state index in [0.717, 1.165) is 10.6 Å². The Morgan fingerprint density at radius 2 is 1.76 bits per heavy atom. The molecule has 7 nitrogen and oxygen atoms in total. The highest BCUT2D eigenvalue weighted by Crippen LogP contribution is 2.21. The molecular formula is C16H16FN5O2S. The van der Waals surface area contributed by atoms with Gasteiger partial charge in [0.25, 0.3) is 0 Å². The van der Waals surface area contributed by atoms with Gasteiger partial charge in [0.2, 0.25) is 22.7 Å². The average molecular weight is 361 g/mol. The molecule has 0 saturated carbocycles. The summed E-state index contributed by atoms with van der Waals surface area (Å²) in [7, 11) is 0. The first kappa shape index (κ1) is 17.0. The molecule has 0 aliphatic rings. The van der Waals surface area contributed by atoms with E-state index in [1.807, 2.05) is 13.8 Å². The van der Waals surface area contributed by atoms with Crippen molar-refractivity contribution >= 4 is 39.7 Å². The average Bonchev–Trinajstić information content (AvgIpc) is 3.07. The molecule has 9 heteroatoms. The smallest absolute Gasteiger partial charge is 0.250 e. The summed E-state index contributed by atoms with van der Waals surface area (Å²) >= 11 is 1.49. The maximum Gasteiger partial charge on any atom is 0.250 e. The second-order valence-electron chi connectivity index (χ2n) is 5.48. The molecule has 2 N–H and O–H groups in total. The van der Waals surface area contributed by atoms with E-state index < -0.39 is 0 Å². The van der Waals surface area contributed by atoms with Crippen LogP contribution >= 0.6 is 11.3 Å². The first-order chi connectivity index (χ1) is 11.9. The summed E-state index contributed by atoms with van der Waals surface area (Å²) in [6, 6.07) is 5.42. The second kappa shape index (κ2) is 6.98. The van der Waals surface area contributed by atoms with Gasteiger partial charge in [0.1, 0.15) is 5.82 Å². The highest BCUT2D eigenvalue weighted by Gasteiger charge is 2.13. The van der Waals surface area contributed by atoms with Crippen molar-refractivity contribution in [3.05, 3.63) is 40.7 Å². The molecule has 2 aromatic heterocycles. The lowest BCUT2D eigenvalue weighted by atomic mass is 10.2. The zero-order valence-electron chi connectivity index (χ0n) is 13.7. The van der Waals surface area contributed by atoms with E-state index in [4.69, 9.17) is 0 Å². The van der Waals surface area contributed by atoms with Crippen LogP contribution in [0.1, 0.15) is 23.4 Å². The molecule has 0 saturated heterocycles. The van der Waals surface area contributed by atoms with Crippen LogP contribution in [-0.2, 0) is 9.59 Å². The number of fused-ring (bicyclic) bond motifs is 1. The fraction of sp³-hybridized carbons (Fsp3) is 0.250. The van der Waals surface area contributed by atoms with Crippen molar-refractivity contribution in [2.75, 3.05) is 10.6 Å². The zero-order valence-corrected chi connectivity index (χ0v) is 14.5. The number of hydrogen-bond donors (Lipinski definition) is 2. The molecule has 3 aromatic rings. The zero-order chi connectivity index (χ0) is 18.0. The maximum absolute atomic E-state index is 12.8. The fourth-order valence-electron chi connectivity index (χ4n) is 2.17. The van der Waals surface area contributed by atoms with Crippen LogP contribution in [0.3, 0.4) is 0 Å². The molecule has 0 unspecified atom stereocenters. The van der Waals surface area contributed by atoms with Crippen LogP contribution in [0.2, 0.25) is 0 Å². The Morgan fingerprint density at radius 3 is 2.40 bits per heavy atom. The normalized spacial score (nSPS) is 10.8. The minimum atomic E-state index is -0.379. The molecule has 25 heavy (non-hydrogen) atoms. The third-order valence-electron chi connectivity index (χ3n) is 3.61. The fourth-order valence-corrected chi connectivity index (χ4v) is 3.07. The summed E-state index contributed by atoms with van der Waals surface area (Å²) in [5, 5.41) is 9.41. The number of rotatable bonds is 5. The molecule has 1 aromatic carbocycles. The van der Waals surface area contributed by atoms with Gasteiger partial charge in [-0.2, -0.15) is 4.98 Å². The van der Waals surface area contributed by atoms with Crippen LogP contribution < -0.4 is 10.6 Å². The second-order valence-corrected chi connectivity index (χ2v) is 6.66. The third-order valence-corrected chi connectivity index (χ3v) is 4.66. The quantitative estimate of drug-likeness (QED) is 0.731. The minimum Gasteiger partial charge on any atom is -0.326 e.